The smallest absolute Gasteiger partial charge is 0.303 e. The van der Waals surface area contributed by atoms with E-state index in [0.717, 1.165) is 44.8 Å². The fraction of sp³-hybridized carbons (Fsp3) is 0.261. The highest BCUT2D eigenvalue weighted by molar-refractivity contribution is 6.11. The minimum absolute atomic E-state index is 0.0786. The molecule has 0 saturated heterocycles. The molecule has 0 bridgehead atoms. The molecule has 4 aromatic rings. The lowest BCUT2D eigenvalue weighted by molar-refractivity contribution is -0.137. The van der Waals surface area contributed by atoms with Crippen molar-refractivity contribution in [3.05, 3.63) is 53.9 Å². The topological polar surface area (TPSA) is 109 Å². The molecule has 0 fully saturated rings. The van der Waals surface area contributed by atoms with Crippen molar-refractivity contribution in [2.45, 2.75) is 32.2 Å². The van der Waals surface area contributed by atoms with Crippen molar-refractivity contribution in [3.8, 4) is 11.5 Å². The number of aliphatic carboxylic acids is 1. The van der Waals surface area contributed by atoms with Crippen LogP contribution in [0, 0.1) is 0 Å². The standard InChI is InChI=1S/C23H22N4O4/c1-13(6-9-19(28)29)21-26-22(20-15-4-2-3-5-16(15)25-23(20)27-21)24-11-14-7-8-17-18(10-14)31-12-30-17/h2-5,7-8,10,13H,6,9,11-12H2,1H3,(H,28,29)(H2,24,25,26,27). The number of carboxylic acid groups (broad SMARTS) is 1. The Morgan fingerprint density at radius 2 is 2.03 bits per heavy atom. The number of rotatable bonds is 7. The number of nitrogens with one attached hydrogen (secondary N) is 2. The number of hydrogen-bond acceptors (Lipinski definition) is 6. The third-order valence-electron chi connectivity index (χ3n) is 5.50. The van der Waals surface area contributed by atoms with Crippen molar-refractivity contribution in [2.24, 2.45) is 0 Å². The molecule has 1 unspecified atom stereocenters. The molecule has 158 valence electrons. The lowest BCUT2D eigenvalue weighted by Crippen LogP contribution is -2.08. The molecule has 31 heavy (non-hydrogen) atoms. The molecule has 5 rings (SSSR count). The van der Waals surface area contributed by atoms with Gasteiger partial charge < -0.3 is 24.9 Å². The number of para-hydroxylation sites is 1. The Morgan fingerprint density at radius 1 is 1.19 bits per heavy atom. The average Bonchev–Trinajstić information content (AvgIpc) is 3.39. The van der Waals surface area contributed by atoms with Gasteiger partial charge in [0.25, 0.3) is 0 Å². The van der Waals surface area contributed by atoms with Crippen molar-refractivity contribution in [2.75, 3.05) is 12.1 Å². The van der Waals surface area contributed by atoms with Crippen LogP contribution < -0.4 is 14.8 Å². The van der Waals surface area contributed by atoms with E-state index in [0.29, 0.717) is 18.8 Å². The number of aromatic nitrogens is 3. The van der Waals surface area contributed by atoms with Crippen LogP contribution in [0.15, 0.2) is 42.5 Å². The zero-order valence-corrected chi connectivity index (χ0v) is 17.0. The van der Waals surface area contributed by atoms with Gasteiger partial charge in [-0.05, 0) is 30.2 Å². The van der Waals surface area contributed by atoms with Crippen LogP contribution in [0.5, 0.6) is 11.5 Å². The van der Waals surface area contributed by atoms with E-state index in [2.05, 4.69) is 10.3 Å². The van der Waals surface area contributed by atoms with E-state index < -0.39 is 5.97 Å². The zero-order valence-electron chi connectivity index (χ0n) is 17.0. The number of hydrogen-bond donors (Lipinski definition) is 3. The van der Waals surface area contributed by atoms with Crippen molar-refractivity contribution in [3.63, 3.8) is 0 Å². The molecule has 1 aliphatic heterocycles. The minimum Gasteiger partial charge on any atom is -0.481 e. The van der Waals surface area contributed by atoms with Gasteiger partial charge in [-0.3, -0.25) is 4.79 Å². The van der Waals surface area contributed by atoms with Gasteiger partial charge in [-0.1, -0.05) is 31.2 Å². The molecular weight excluding hydrogens is 396 g/mol. The molecule has 0 saturated carbocycles. The predicted octanol–water partition coefficient (Wildman–Crippen LogP) is 4.42. The molecule has 8 nitrogen and oxygen atoms in total. The molecule has 2 aromatic carbocycles. The third-order valence-corrected chi connectivity index (χ3v) is 5.50. The van der Waals surface area contributed by atoms with Crippen molar-refractivity contribution in [1.82, 2.24) is 15.0 Å². The SMILES string of the molecule is CC(CCC(=O)O)c1nc(NCc2ccc3c(c2)OCO3)c2c(n1)[nH]c1ccccc12. The average molecular weight is 418 g/mol. The number of ether oxygens (including phenoxy) is 2. The Bertz CT molecular complexity index is 1280. The normalized spacial score (nSPS) is 13.6. The van der Waals surface area contributed by atoms with Crippen LogP contribution in [0.3, 0.4) is 0 Å². The number of aromatic amines is 1. The van der Waals surface area contributed by atoms with Crippen LogP contribution in [0.1, 0.15) is 37.1 Å². The van der Waals surface area contributed by atoms with Gasteiger partial charge in [-0.25, -0.2) is 9.97 Å². The van der Waals surface area contributed by atoms with E-state index in [1.54, 1.807) is 0 Å². The van der Waals surface area contributed by atoms with E-state index in [4.69, 9.17) is 24.5 Å². The molecule has 0 amide bonds. The highest BCUT2D eigenvalue weighted by Crippen LogP contribution is 2.34. The van der Waals surface area contributed by atoms with Gasteiger partial charge in [0.05, 0.1) is 5.39 Å². The second-order valence-corrected chi connectivity index (χ2v) is 7.70. The number of anilines is 1. The Balaban J connectivity index is 1.51. The first-order valence-corrected chi connectivity index (χ1v) is 10.2. The van der Waals surface area contributed by atoms with Crippen LogP contribution in [0.2, 0.25) is 0 Å². The largest absolute Gasteiger partial charge is 0.481 e. The summed E-state index contributed by atoms with van der Waals surface area (Å²) in [6.07, 6.45) is 0.553. The van der Waals surface area contributed by atoms with E-state index in [9.17, 15) is 4.79 Å². The summed E-state index contributed by atoms with van der Waals surface area (Å²) in [6, 6.07) is 13.9. The Hall–Kier alpha value is -3.81. The van der Waals surface area contributed by atoms with Crippen LogP contribution in [-0.2, 0) is 11.3 Å². The van der Waals surface area contributed by atoms with Gasteiger partial charge in [0.2, 0.25) is 6.79 Å². The molecule has 2 aromatic heterocycles. The summed E-state index contributed by atoms with van der Waals surface area (Å²) in [6.45, 7) is 2.74. The maximum absolute atomic E-state index is 11.0. The quantitative estimate of drug-likeness (QED) is 0.407. The Kier molecular flexibility index (Phi) is 4.82. The summed E-state index contributed by atoms with van der Waals surface area (Å²) < 4.78 is 10.9. The van der Waals surface area contributed by atoms with E-state index in [1.807, 2.05) is 49.4 Å². The van der Waals surface area contributed by atoms with Crippen LogP contribution in [0.4, 0.5) is 5.82 Å². The number of fused-ring (bicyclic) bond motifs is 4. The van der Waals surface area contributed by atoms with Gasteiger partial charge in [-0.15, -0.1) is 0 Å². The van der Waals surface area contributed by atoms with Gasteiger partial charge in [0.15, 0.2) is 11.5 Å². The lowest BCUT2D eigenvalue weighted by atomic mass is 10.0. The maximum Gasteiger partial charge on any atom is 0.303 e. The molecule has 3 heterocycles. The Labute approximate surface area is 178 Å². The van der Waals surface area contributed by atoms with Crippen LogP contribution >= 0.6 is 0 Å². The number of nitrogens with zero attached hydrogens (tertiary/aromatic N) is 2. The summed E-state index contributed by atoms with van der Waals surface area (Å²) in [5.41, 5.74) is 2.76. The fourth-order valence-electron chi connectivity index (χ4n) is 3.82. The monoisotopic (exact) mass is 418 g/mol. The molecule has 3 N–H and O–H groups in total. The second-order valence-electron chi connectivity index (χ2n) is 7.70. The summed E-state index contributed by atoms with van der Waals surface area (Å²) >= 11 is 0. The maximum atomic E-state index is 11.0. The predicted molar refractivity (Wildman–Crippen MR) is 117 cm³/mol. The van der Waals surface area contributed by atoms with Gasteiger partial charge in [0.1, 0.15) is 17.3 Å². The summed E-state index contributed by atoms with van der Waals surface area (Å²) in [4.78, 5) is 23.9. The lowest BCUT2D eigenvalue weighted by Gasteiger charge is -2.13. The number of carboxylic acids is 1. The third kappa shape index (κ3) is 3.72. The summed E-state index contributed by atoms with van der Waals surface area (Å²) in [5.74, 6) is 1.92. The fourth-order valence-corrected chi connectivity index (χ4v) is 3.82. The molecule has 0 spiro atoms. The number of H-pyrrole nitrogens is 1. The van der Waals surface area contributed by atoms with E-state index in [1.165, 1.54) is 0 Å². The molecule has 1 atom stereocenters. The van der Waals surface area contributed by atoms with Crippen LogP contribution in [-0.4, -0.2) is 32.8 Å². The zero-order chi connectivity index (χ0) is 21.4. The van der Waals surface area contributed by atoms with Crippen molar-refractivity contribution in [1.29, 1.82) is 0 Å². The highest BCUT2D eigenvalue weighted by Gasteiger charge is 2.18. The first-order valence-electron chi connectivity index (χ1n) is 10.2. The first kappa shape index (κ1) is 19.2. The van der Waals surface area contributed by atoms with Crippen molar-refractivity contribution >= 4 is 33.7 Å². The van der Waals surface area contributed by atoms with Gasteiger partial charge >= 0.3 is 5.97 Å². The van der Waals surface area contributed by atoms with E-state index in [-0.39, 0.29) is 19.1 Å². The molecule has 0 radical (unpaired) electrons. The minimum atomic E-state index is -0.820. The van der Waals surface area contributed by atoms with Crippen LogP contribution in [0.25, 0.3) is 21.9 Å². The van der Waals surface area contributed by atoms with E-state index >= 15 is 0 Å². The van der Waals surface area contributed by atoms with Gasteiger partial charge in [0, 0.05) is 29.8 Å². The van der Waals surface area contributed by atoms with Gasteiger partial charge in [-0.2, -0.15) is 0 Å². The summed E-state index contributed by atoms with van der Waals surface area (Å²) in [7, 11) is 0. The number of carbonyl (C=O) groups is 1. The molecule has 8 heteroatoms. The molecule has 0 aliphatic carbocycles. The highest BCUT2D eigenvalue weighted by atomic mass is 16.7. The molecule has 1 aliphatic rings. The summed E-state index contributed by atoms with van der Waals surface area (Å²) in [5, 5.41) is 14.4. The first-order chi connectivity index (χ1) is 15.1. The molecular formula is C23H22N4O4. The second kappa shape index (κ2) is 7.79. The number of benzene rings is 2. The van der Waals surface area contributed by atoms with Crippen molar-refractivity contribution < 1.29 is 19.4 Å². The Morgan fingerprint density at radius 3 is 2.90 bits per heavy atom.